The number of nitrogens with zero attached hydrogens (tertiary/aromatic N) is 2. The Bertz CT molecular complexity index is 428. The van der Waals surface area contributed by atoms with Crippen molar-refractivity contribution in [1.29, 1.82) is 5.26 Å². The highest BCUT2D eigenvalue weighted by molar-refractivity contribution is 6.32. The molecule has 1 atom stereocenters. The summed E-state index contributed by atoms with van der Waals surface area (Å²) in [5.74, 6) is 0. The Morgan fingerprint density at radius 1 is 1.56 bits per heavy atom. The summed E-state index contributed by atoms with van der Waals surface area (Å²) >= 11 is 5.99. The average molecular weight is 237 g/mol. The second-order valence-corrected chi connectivity index (χ2v) is 4.32. The summed E-state index contributed by atoms with van der Waals surface area (Å²) in [6.07, 6.45) is 2.01. The van der Waals surface area contributed by atoms with Crippen LogP contribution in [0.15, 0.2) is 18.2 Å². The average Bonchev–Trinajstić information content (AvgIpc) is 2.76. The quantitative estimate of drug-likeness (QED) is 0.856. The van der Waals surface area contributed by atoms with Crippen LogP contribution in [0.1, 0.15) is 18.4 Å². The molecule has 16 heavy (non-hydrogen) atoms. The first-order valence-electron chi connectivity index (χ1n) is 5.34. The van der Waals surface area contributed by atoms with Gasteiger partial charge in [-0.1, -0.05) is 17.7 Å². The van der Waals surface area contributed by atoms with E-state index in [0.29, 0.717) is 10.6 Å². The number of hydrogen-bond donors (Lipinski definition) is 1. The minimum atomic E-state index is 0.116. The molecule has 3 nitrogen and oxygen atoms in total. The molecule has 0 spiro atoms. The summed E-state index contributed by atoms with van der Waals surface area (Å²) in [6.45, 7) is 0.998. The van der Waals surface area contributed by atoms with Crippen molar-refractivity contribution in [3.63, 3.8) is 0 Å². The van der Waals surface area contributed by atoms with E-state index < -0.39 is 0 Å². The second-order valence-electron chi connectivity index (χ2n) is 3.92. The molecule has 0 aromatic heterocycles. The Balaban J connectivity index is 2.40. The number of rotatable bonds is 2. The van der Waals surface area contributed by atoms with Crippen LogP contribution >= 0.6 is 11.6 Å². The second kappa shape index (κ2) is 4.73. The topological polar surface area (TPSA) is 47.3 Å². The van der Waals surface area contributed by atoms with Crippen molar-refractivity contribution in [3.05, 3.63) is 28.8 Å². The third kappa shape index (κ3) is 1.87. The fraction of sp³-hybridized carbons (Fsp3) is 0.417. The molecular formula is C12H13ClN2O. The number of aliphatic hydroxyl groups excluding tert-OH is 1. The standard InChI is InChI=1S/C12H13ClN2O/c13-11-4-1-5-12(10(11)7-14)15-6-2-3-9(15)8-16/h1,4-5,9,16H,2-3,6,8H2. The molecule has 1 aromatic carbocycles. The minimum Gasteiger partial charge on any atom is -0.394 e. The van der Waals surface area contributed by atoms with Gasteiger partial charge in [-0.3, -0.25) is 0 Å². The van der Waals surface area contributed by atoms with Crippen molar-refractivity contribution in [2.75, 3.05) is 18.1 Å². The van der Waals surface area contributed by atoms with E-state index in [4.69, 9.17) is 16.9 Å². The zero-order valence-corrected chi connectivity index (χ0v) is 9.61. The molecule has 2 rings (SSSR count). The highest BCUT2D eigenvalue weighted by Gasteiger charge is 2.26. The fourth-order valence-electron chi connectivity index (χ4n) is 2.21. The first-order chi connectivity index (χ1) is 7.77. The molecule has 1 aromatic rings. The minimum absolute atomic E-state index is 0.116. The Morgan fingerprint density at radius 3 is 3.06 bits per heavy atom. The van der Waals surface area contributed by atoms with Crippen LogP contribution in [0, 0.1) is 11.3 Å². The van der Waals surface area contributed by atoms with Crippen LogP contribution in [0.25, 0.3) is 0 Å². The lowest BCUT2D eigenvalue weighted by Crippen LogP contribution is -2.32. The Kier molecular flexibility index (Phi) is 3.33. The number of aliphatic hydroxyl groups is 1. The summed E-state index contributed by atoms with van der Waals surface area (Å²) in [4.78, 5) is 2.07. The van der Waals surface area contributed by atoms with Gasteiger partial charge in [-0.15, -0.1) is 0 Å². The molecule has 0 amide bonds. The summed E-state index contributed by atoms with van der Waals surface area (Å²) < 4.78 is 0. The number of nitriles is 1. The fourth-order valence-corrected chi connectivity index (χ4v) is 2.42. The Hall–Kier alpha value is -1.24. The largest absolute Gasteiger partial charge is 0.394 e. The predicted molar refractivity (Wildman–Crippen MR) is 63.6 cm³/mol. The van der Waals surface area contributed by atoms with Gasteiger partial charge in [-0.2, -0.15) is 5.26 Å². The maximum atomic E-state index is 9.27. The molecule has 1 aliphatic rings. The summed E-state index contributed by atoms with van der Waals surface area (Å²) in [5.41, 5.74) is 1.34. The van der Waals surface area contributed by atoms with E-state index in [-0.39, 0.29) is 12.6 Å². The highest BCUT2D eigenvalue weighted by Crippen LogP contribution is 2.31. The molecule has 1 unspecified atom stereocenters. The highest BCUT2D eigenvalue weighted by atomic mass is 35.5. The van der Waals surface area contributed by atoms with E-state index in [1.54, 1.807) is 6.07 Å². The third-order valence-electron chi connectivity index (χ3n) is 3.00. The zero-order chi connectivity index (χ0) is 11.5. The van der Waals surface area contributed by atoms with Gasteiger partial charge >= 0.3 is 0 Å². The third-order valence-corrected chi connectivity index (χ3v) is 3.32. The van der Waals surface area contributed by atoms with Gasteiger partial charge in [0.1, 0.15) is 6.07 Å². The smallest absolute Gasteiger partial charge is 0.103 e. The number of halogens is 1. The van der Waals surface area contributed by atoms with Crippen molar-refractivity contribution in [1.82, 2.24) is 0 Å². The zero-order valence-electron chi connectivity index (χ0n) is 8.86. The lowest BCUT2D eigenvalue weighted by atomic mass is 10.1. The molecule has 1 N–H and O–H groups in total. The summed E-state index contributed by atoms with van der Waals surface area (Å²) in [7, 11) is 0. The molecule has 1 fully saturated rings. The first kappa shape index (κ1) is 11.3. The van der Waals surface area contributed by atoms with E-state index in [1.165, 1.54) is 0 Å². The van der Waals surface area contributed by atoms with E-state index in [2.05, 4.69) is 11.0 Å². The lowest BCUT2D eigenvalue weighted by molar-refractivity contribution is 0.266. The first-order valence-corrected chi connectivity index (χ1v) is 5.72. The van der Waals surface area contributed by atoms with Crippen molar-refractivity contribution in [2.45, 2.75) is 18.9 Å². The SMILES string of the molecule is N#Cc1c(Cl)cccc1N1CCCC1CO. The maximum Gasteiger partial charge on any atom is 0.103 e. The Labute approximate surface area is 99.9 Å². The van der Waals surface area contributed by atoms with Crippen molar-refractivity contribution < 1.29 is 5.11 Å². The van der Waals surface area contributed by atoms with Gasteiger partial charge in [0, 0.05) is 6.54 Å². The van der Waals surface area contributed by atoms with E-state index in [1.807, 2.05) is 12.1 Å². The maximum absolute atomic E-state index is 9.27. The van der Waals surface area contributed by atoms with Crippen LogP contribution in [-0.2, 0) is 0 Å². The number of anilines is 1. The van der Waals surface area contributed by atoms with Crippen molar-refractivity contribution in [2.24, 2.45) is 0 Å². The molecule has 84 valence electrons. The van der Waals surface area contributed by atoms with Crippen LogP contribution in [0.4, 0.5) is 5.69 Å². The van der Waals surface area contributed by atoms with Crippen LogP contribution in [-0.4, -0.2) is 24.3 Å². The number of hydrogen-bond acceptors (Lipinski definition) is 3. The normalized spacial score (nSPS) is 19.8. The van der Waals surface area contributed by atoms with Gasteiger partial charge in [-0.05, 0) is 25.0 Å². The van der Waals surface area contributed by atoms with Crippen LogP contribution < -0.4 is 4.90 Å². The Morgan fingerprint density at radius 2 is 2.38 bits per heavy atom. The molecule has 0 radical (unpaired) electrons. The molecule has 1 saturated heterocycles. The van der Waals surface area contributed by atoms with Gasteiger partial charge in [0.05, 0.1) is 28.9 Å². The van der Waals surface area contributed by atoms with E-state index >= 15 is 0 Å². The number of benzene rings is 1. The predicted octanol–water partition coefficient (Wildman–Crippen LogP) is 2.17. The molecule has 0 aliphatic carbocycles. The van der Waals surface area contributed by atoms with Crippen molar-refractivity contribution in [3.8, 4) is 6.07 Å². The van der Waals surface area contributed by atoms with Gasteiger partial charge in [0.25, 0.3) is 0 Å². The molecule has 4 heteroatoms. The molecule has 1 heterocycles. The summed E-state index contributed by atoms with van der Waals surface area (Å²) in [6, 6.07) is 7.69. The van der Waals surface area contributed by atoms with Crippen LogP contribution in [0.2, 0.25) is 5.02 Å². The van der Waals surface area contributed by atoms with Gasteiger partial charge in [-0.25, -0.2) is 0 Å². The van der Waals surface area contributed by atoms with Crippen molar-refractivity contribution >= 4 is 17.3 Å². The van der Waals surface area contributed by atoms with Crippen LogP contribution in [0.5, 0.6) is 0 Å². The van der Waals surface area contributed by atoms with E-state index in [9.17, 15) is 5.11 Å². The monoisotopic (exact) mass is 236 g/mol. The van der Waals surface area contributed by atoms with E-state index in [0.717, 1.165) is 25.1 Å². The van der Waals surface area contributed by atoms with Gasteiger partial charge in [0.2, 0.25) is 0 Å². The van der Waals surface area contributed by atoms with Gasteiger partial charge in [0.15, 0.2) is 0 Å². The lowest BCUT2D eigenvalue weighted by Gasteiger charge is -2.26. The molecule has 0 saturated carbocycles. The molecule has 0 bridgehead atoms. The molecule has 1 aliphatic heterocycles. The molecular weight excluding hydrogens is 224 g/mol. The van der Waals surface area contributed by atoms with Gasteiger partial charge < -0.3 is 10.0 Å². The summed E-state index contributed by atoms with van der Waals surface area (Å²) in [5, 5.41) is 18.8. The van der Waals surface area contributed by atoms with Crippen LogP contribution in [0.3, 0.4) is 0 Å².